The molecule has 0 aliphatic carbocycles. The van der Waals surface area contributed by atoms with Gasteiger partial charge in [0.05, 0.1) is 13.7 Å². The number of benzene rings is 2. The molecule has 0 aliphatic heterocycles. The summed E-state index contributed by atoms with van der Waals surface area (Å²) in [6.45, 7) is 7.23. The van der Waals surface area contributed by atoms with E-state index in [-0.39, 0.29) is 18.5 Å². The molecular weight excluding hydrogens is 324 g/mol. The van der Waals surface area contributed by atoms with Crippen LogP contribution in [0.5, 0.6) is 5.75 Å². The average Bonchev–Trinajstić information content (AvgIpc) is 2.67. The van der Waals surface area contributed by atoms with Crippen molar-refractivity contribution < 1.29 is 9.53 Å². The summed E-state index contributed by atoms with van der Waals surface area (Å²) in [6, 6.07) is 16.5. The zero-order valence-electron chi connectivity index (χ0n) is 16.2. The number of carbonyl (C=O) groups excluding carboxylic acids is 1. The maximum absolute atomic E-state index is 12.3. The molecule has 2 N–H and O–H groups in total. The van der Waals surface area contributed by atoms with E-state index in [0.29, 0.717) is 12.5 Å². The number of hydrogen-bond acceptors (Lipinski definition) is 3. The van der Waals surface area contributed by atoms with Gasteiger partial charge in [0.1, 0.15) is 5.75 Å². The van der Waals surface area contributed by atoms with Gasteiger partial charge in [-0.1, -0.05) is 63.2 Å². The lowest BCUT2D eigenvalue weighted by Gasteiger charge is -2.23. The molecule has 0 aromatic heterocycles. The molecule has 0 spiro atoms. The molecule has 2 aromatic carbocycles. The third kappa shape index (κ3) is 5.60. The number of aryl methyl sites for hydroxylation is 1. The van der Waals surface area contributed by atoms with Crippen molar-refractivity contribution >= 4 is 5.91 Å². The Morgan fingerprint density at radius 3 is 2.38 bits per heavy atom. The van der Waals surface area contributed by atoms with Crippen molar-refractivity contribution in [1.29, 1.82) is 0 Å². The summed E-state index contributed by atoms with van der Waals surface area (Å²) in [4.78, 5) is 12.3. The van der Waals surface area contributed by atoms with Crippen LogP contribution in [-0.4, -0.2) is 19.6 Å². The van der Waals surface area contributed by atoms with Crippen molar-refractivity contribution in [2.24, 2.45) is 5.92 Å². The van der Waals surface area contributed by atoms with Crippen LogP contribution < -0.4 is 15.4 Å². The molecule has 0 fully saturated rings. The van der Waals surface area contributed by atoms with E-state index in [1.807, 2.05) is 24.3 Å². The van der Waals surface area contributed by atoms with Crippen LogP contribution in [0.4, 0.5) is 0 Å². The number of ether oxygens (including phenoxy) is 1. The molecule has 0 unspecified atom stereocenters. The largest absolute Gasteiger partial charge is 0.496 e. The summed E-state index contributed by atoms with van der Waals surface area (Å²) in [5.74, 6) is 1.16. The number of para-hydroxylation sites is 1. The van der Waals surface area contributed by atoms with Gasteiger partial charge in [-0.2, -0.15) is 0 Å². The van der Waals surface area contributed by atoms with Gasteiger partial charge in [0.2, 0.25) is 5.91 Å². The minimum atomic E-state index is -0.0215. The molecule has 26 heavy (non-hydrogen) atoms. The number of nitrogens with one attached hydrogen (secondary N) is 2. The van der Waals surface area contributed by atoms with Crippen LogP contribution in [0.25, 0.3) is 0 Å². The zero-order valence-corrected chi connectivity index (χ0v) is 16.2. The van der Waals surface area contributed by atoms with Crippen molar-refractivity contribution in [2.75, 3.05) is 13.7 Å². The lowest BCUT2D eigenvalue weighted by molar-refractivity contribution is -0.120. The third-order valence-electron chi connectivity index (χ3n) is 4.56. The Morgan fingerprint density at radius 2 is 1.77 bits per heavy atom. The fourth-order valence-electron chi connectivity index (χ4n) is 3.01. The summed E-state index contributed by atoms with van der Waals surface area (Å²) in [5, 5.41) is 6.35. The van der Waals surface area contributed by atoms with Crippen molar-refractivity contribution in [3.05, 3.63) is 65.2 Å². The predicted molar refractivity (Wildman–Crippen MR) is 106 cm³/mol. The standard InChI is InChI=1S/C22H30N2O2/c1-5-17-10-12-18(13-11-17)22(16(2)3)24-15-21(25)23-14-19-8-6-7-9-20(19)26-4/h6-13,16,22,24H,5,14-15H2,1-4H3,(H,23,25)/t22-/m1/s1. The monoisotopic (exact) mass is 354 g/mol. The maximum Gasteiger partial charge on any atom is 0.234 e. The summed E-state index contributed by atoms with van der Waals surface area (Å²) in [5.41, 5.74) is 3.51. The Labute approximate surface area is 157 Å². The smallest absolute Gasteiger partial charge is 0.234 e. The second-order valence-corrected chi connectivity index (χ2v) is 6.79. The second-order valence-electron chi connectivity index (χ2n) is 6.79. The molecule has 4 heteroatoms. The van der Waals surface area contributed by atoms with E-state index in [1.165, 1.54) is 11.1 Å². The average molecular weight is 354 g/mol. The minimum Gasteiger partial charge on any atom is -0.496 e. The molecule has 0 saturated carbocycles. The number of carbonyl (C=O) groups is 1. The fourth-order valence-corrected chi connectivity index (χ4v) is 3.01. The molecule has 0 bridgehead atoms. The first-order valence-electron chi connectivity index (χ1n) is 9.26. The van der Waals surface area contributed by atoms with E-state index in [4.69, 9.17) is 4.74 Å². The molecule has 2 aromatic rings. The molecule has 1 amide bonds. The number of amides is 1. The van der Waals surface area contributed by atoms with Gasteiger partial charge in [-0.25, -0.2) is 0 Å². The molecule has 140 valence electrons. The van der Waals surface area contributed by atoms with Crippen molar-refractivity contribution in [1.82, 2.24) is 10.6 Å². The molecular formula is C22H30N2O2. The van der Waals surface area contributed by atoms with Crippen LogP contribution in [0.3, 0.4) is 0 Å². The first kappa shape index (κ1) is 20.0. The van der Waals surface area contributed by atoms with Gasteiger partial charge in [0.15, 0.2) is 0 Å². The summed E-state index contributed by atoms with van der Waals surface area (Å²) < 4.78 is 5.32. The Morgan fingerprint density at radius 1 is 1.08 bits per heavy atom. The van der Waals surface area contributed by atoms with Gasteiger partial charge in [-0.3, -0.25) is 4.79 Å². The van der Waals surface area contributed by atoms with Gasteiger partial charge >= 0.3 is 0 Å². The first-order chi connectivity index (χ1) is 12.5. The molecule has 0 saturated heterocycles. The number of hydrogen-bond donors (Lipinski definition) is 2. The number of methoxy groups -OCH3 is 1. The van der Waals surface area contributed by atoms with Crippen LogP contribution in [0.2, 0.25) is 0 Å². The van der Waals surface area contributed by atoms with Crippen LogP contribution in [-0.2, 0) is 17.8 Å². The van der Waals surface area contributed by atoms with Gasteiger partial charge in [0, 0.05) is 18.2 Å². The molecule has 2 rings (SSSR count). The van der Waals surface area contributed by atoms with Crippen molar-refractivity contribution in [2.45, 2.75) is 39.8 Å². The molecule has 0 radical (unpaired) electrons. The second kappa shape index (κ2) is 9.97. The van der Waals surface area contributed by atoms with Crippen molar-refractivity contribution in [3.8, 4) is 5.75 Å². The Balaban J connectivity index is 1.90. The Hall–Kier alpha value is -2.33. The highest BCUT2D eigenvalue weighted by molar-refractivity contribution is 5.78. The normalized spacial score (nSPS) is 12.0. The van der Waals surface area contributed by atoms with Crippen LogP contribution >= 0.6 is 0 Å². The molecule has 1 atom stereocenters. The highest BCUT2D eigenvalue weighted by Crippen LogP contribution is 2.22. The van der Waals surface area contributed by atoms with E-state index >= 15 is 0 Å². The van der Waals surface area contributed by atoms with E-state index in [9.17, 15) is 4.79 Å². The quantitative estimate of drug-likeness (QED) is 0.719. The molecule has 0 heterocycles. The van der Waals surface area contributed by atoms with Gasteiger partial charge in [-0.15, -0.1) is 0 Å². The summed E-state index contributed by atoms with van der Waals surface area (Å²) in [7, 11) is 1.64. The lowest BCUT2D eigenvalue weighted by atomic mass is 9.95. The topological polar surface area (TPSA) is 50.4 Å². The van der Waals surface area contributed by atoms with Gasteiger partial charge in [-0.05, 0) is 29.5 Å². The Kier molecular flexibility index (Phi) is 7.67. The van der Waals surface area contributed by atoms with Crippen LogP contribution in [0, 0.1) is 5.92 Å². The minimum absolute atomic E-state index is 0.0215. The van der Waals surface area contributed by atoms with E-state index in [2.05, 4.69) is 55.7 Å². The summed E-state index contributed by atoms with van der Waals surface area (Å²) in [6.07, 6.45) is 1.03. The number of rotatable bonds is 9. The lowest BCUT2D eigenvalue weighted by Crippen LogP contribution is -2.37. The van der Waals surface area contributed by atoms with E-state index in [0.717, 1.165) is 17.7 Å². The Bertz CT molecular complexity index is 696. The van der Waals surface area contributed by atoms with Gasteiger partial charge in [0.25, 0.3) is 0 Å². The van der Waals surface area contributed by atoms with Crippen LogP contribution in [0.15, 0.2) is 48.5 Å². The van der Waals surface area contributed by atoms with E-state index in [1.54, 1.807) is 7.11 Å². The van der Waals surface area contributed by atoms with E-state index < -0.39 is 0 Å². The predicted octanol–water partition coefficient (Wildman–Crippen LogP) is 3.86. The third-order valence-corrected chi connectivity index (χ3v) is 4.56. The van der Waals surface area contributed by atoms with Gasteiger partial charge < -0.3 is 15.4 Å². The highest BCUT2D eigenvalue weighted by Gasteiger charge is 2.16. The maximum atomic E-state index is 12.3. The summed E-state index contributed by atoms with van der Waals surface area (Å²) >= 11 is 0. The zero-order chi connectivity index (χ0) is 18.9. The fraction of sp³-hybridized carbons (Fsp3) is 0.409. The SMILES string of the molecule is CCc1ccc([C@H](NCC(=O)NCc2ccccc2OC)C(C)C)cc1. The highest BCUT2D eigenvalue weighted by atomic mass is 16.5. The molecule has 0 aliphatic rings. The molecule has 4 nitrogen and oxygen atoms in total. The first-order valence-corrected chi connectivity index (χ1v) is 9.26. The van der Waals surface area contributed by atoms with Crippen molar-refractivity contribution in [3.63, 3.8) is 0 Å². The van der Waals surface area contributed by atoms with Crippen LogP contribution in [0.1, 0.15) is 43.5 Å².